The van der Waals surface area contributed by atoms with Crippen LogP contribution < -0.4 is 0 Å². The molecule has 1 fully saturated rings. The van der Waals surface area contributed by atoms with Crippen molar-refractivity contribution in [1.29, 1.82) is 0 Å². The summed E-state index contributed by atoms with van der Waals surface area (Å²) in [5.41, 5.74) is 0. The van der Waals surface area contributed by atoms with E-state index < -0.39 is 71.2 Å². The van der Waals surface area contributed by atoms with Gasteiger partial charge in [-0.05, 0) is 44.9 Å². The van der Waals surface area contributed by atoms with Gasteiger partial charge in [-0.25, -0.2) is 0 Å². The number of rotatable bonds is 35. The Balaban J connectivity index is 2.49. The minimum absolute atomic E-state index is 0.146. The van der Waals surface area contributed by atoms with Crippen LogP contribution in [-0.4, -0.2) is 96.0 Å². The maximum atomic E-state index is 12.8. The predicted molar refractivity (Wildman–Crippen MR) is 219 cm³/mol. The van der Waals surface area contributed by atoms with E-state index in [4.69, 9.17) is 18.9 Å². The summed E-state index contributed by atoms with van der Waals surface area (Å²) in [6.07, 6.45) is 27.6. The SMILES string of the molecule is CC/C=C/C/C=C/C/C=C/CCCCCCCC(=O)O[C@H](COC(=O)CCCCCCCCCCCCCCC)CO[C@H]1O[C@H](CS(=O)(=O)O)[C@@H](O)C(O)C1O. The Bertz CT molecular complexity index is 1190. The third kappa shape index (κ3) is 28.3. The normalized spacial score (nSPS) is 21.0. The third-order valence-corrected chi connectivity index (χ3v) is 10.5. The van der Waals surface area contributed by atoms with Crippen molar-refractivity contribution in [2.24, 2.45) is 0 Å². The molecule has 0 radical (unpaired) electrons. The van der Waals surface area contributed by atoms with Crippen LogP contribution in [0.25, 0.3) is 0 Å². The van der Waals surface area contributed by atoms with Crippen molar-refractivity contribution in [3.63, 3.8) is 0 Å². The number of esters is 2. The van der Waals surface area contributed by atoms with Crippen LogP contribution in [0.5, 0.6) is 0 Å². The van der Waals surface area contributed by atoms with Gasteiger partial charge in [0.05, 0.1) is 6.61 Å². The van der Waals surface area contributed by atoms with Crippen LogP contribution in [0, 0.1) is 0 Å². The zero-order chi connectivity index (χ0) is 41.3. The summed E-state index contributed by atoms with van der Waals surface area (Å²) in [5.74, 6) is -2.00. The van der Waals surface area contributed by atoms with Crippen LogP contribution in [-0.2, 0) is 38.7 Å². The van der Waals surface area contributed by atoms with Gasteiger partial charge in [-0.2, -0.15) is 8.42 Å². The van der Waals surface area contributed by atoms with Gasteiger partial charge in [0.25, 0.3) is 10.1 Å². The summed E-state index contributed by atoms with van der Waals surface area (Å²) >= 11 is 0. The lowest BCUT2D eigenvalue weighted by Gasteiger charge is -2.40. The van der Waals surface area contributed by atoms with E-state index in [0.29, 0.717) is 12.8 Å². The van der Waals surface area contributed by atoms with Crippen molar-refractivity contribution < 1.29 is 56.8 Å². The van der Waals surface area contributed by atoms with E-state index in [1.54, 1.807) is 0 Å². The van der Waals surface area contributed by atoms with Crippen LogP contribution in [0.1, 0.15) is 168 Å². The van der Waals surface area contributed by atoms with E-state index in [-0.39, 0.29) is 19.4 Å². The maximum Gasteiger partial charge on any atom is 0.306 e. The molecule has 2 unspecified atom stereocenters. The smallest absolute Gasteiger partial charge is 0.306 e. The molecule has 4 N–H and O–H groups in total. The van der Waals surface area contributed by atoms with Gasteiger partial charge in [0.1, 0.15) is 36.8 Å². The Hall–Kier alpha value is -2.13. The number of aliphatic hydroxyl groups is 3. The summed E-state index contributed by atoms with van der Waals surface area (Å²) in [7, 11) is -4.60. The first-order chi connectivity index (χ1) is 27.0. The van der Waals surface area contributed by atoms with Crippen molar-refractivity contribution in [2.45, 2.75) is 205 Å². The van der Waals surface area contributed by atoms with E-state index in [1.165, 1.54) is 57.8 Å². The van der Waals surface area contributed by atoms with Gasteiger partial charge in [0.2, 0.25) is 0 Å². The lowest BCUT2D eigenvalue weighted by Crippen LogP contribution is -2.60. The van der Waals surface area contributed by atoms with Crippen molar-refractivity contribution in [2.75, 3.05) is 19.0 Å². The Kier molecular flexibility index (Phi) is 31.3. The molecule has 1 aliphatic heterocycles. The first-order valence-electron chi connectivity index (χ1n) is 21.5. The molecule has 0 aromatic rings. The van der Waals surface area contributed by atoms with E-state index in [1.807, 2.05) is 0 Å². The van der Waals surface area contributed by atoms with Gasteiger partial charge in [0, 0.05) is 12.8 Å². The summed E-state index contributed by atoms with van der Waals surface area (Å²) in [6.45, 7) is 3.62. The second-order valence-electron chi connectivity index (χ2n) is 15.0. The van der Waals surface area contributed by atoms with E-state index in [9.17, 15) is 37.9 Å². The second kappa shape index (κ2) is 33.8. The number of ether oxygens (including phenoxy) is 4. The lowest BCUT2D eigenvalue weighted by atomic mass is 10.00. The topological polar surface area (TPSA) is 186 Å². The van der Waals surface area contributed by atoms with Crippen molar-refractivity contribution in [1.82, 2.24) is 0 Å². The molecule has 1 rings (SSSR count). The molecule has 1 heterocycles. The molecule has 0 aromatic carbocycles. The average Bonchev–Trinajstić information content (AvgIpc) is 3.16. The monoisotopic (exact) mass is 817 g/mol. The molecule has 0 aliphatic carbocycles. The fourth-order valence-corrected chi connectivity index (χ4v) is 7.09. The molecule has 6 atom stereocenters. The Morgan fingerprint density at radius 1 is 0.625 bits per heavy atom. The molecule has 1 saturated heterocycles. The predicted octanol–water partition coefficient (Wildman–Crippen LogP) is 8.22. The minimum Gasteiger partial charge on any atom is -0.462 e. The number of carbonyl (C=O) groups excluding carboxylic acids is 2. The molecule has 0 aromatic heterocycles. The molecular formula is C43H76O12S. The number of carbonyl (C=O) groups is 2. The Morgan fingerprint density at radius 2 is 1.12 bits per heavy atom. The van der Waals surface area contributed by atoms with Crippen LogP contribution in [0.3, 0.4) is 0 Å². The van der Waals surface area contributed by atoms with Gasteiger partial charge < -0.3 is 34.3 Å². The highest BCUT2D eigenvalue weighted by atomic mass is 32.2. The zero-order valence-electron chi connectivity index (χ0n) is 34.5. The molecule has 0 spiro atoms. The summed E-state index contributed by atoms with van der Waals surface area (Å²) in [6, 6.07) is 0. The van der Waals surface area contributed by atoms with E-state index in [2.05, 4.69) is 50.3 Å². The quantitative estimate of drug-likeness (QED) is 0.0208. The highest BCUT2D eigenvalue weighted by molar-refractivity contribution is 7.85. The van der Waals surface area contributed by atoms with Crippen molar-refractivity contribution in [3.05, 3.63) is 36.5 Å². The number of allylic oxidation sites excluding steroid dienone is 6. The third-order valence-electron chi connectivity index (χ3n) is 9.73. The molecular weight excluding hydrogens is 741 g/mol. The van der Waals surface area contributed by atoms with Crippen LogP contribution in [0.15, 0.2) is 36.5 Å². The number of hydrogen-bond acceptors (Lipinski definition) is 11. The molecule has 12 nitrogen and oxygen atoms in total. The number of hydrogen-bond donors (Lipinski definition) is 4. The lowest BCUT2D eigenvalue weighted by molar-refractivity contribution is -0.297. The first kappa shape index (κ1) is 51.9. The maximum absolute atomic E-state index is 12.8. The molecule has 326 valence electrons. The fraction of sp³-hybridized carbons (Fsp3) is 0.814. The van der Waals surface area contributed by atoms with Crippen LogP contribution >= 0.6 is 0 Å². The highest BCUT2D eigenvalue weighted by Crippen LogP contribution is 2.24. The molecule has 56 heavy (non-hydrogen) atoms. The molecule has 0 saturated carbocycles. The van der Waals surface area contributed by atoms with E-state index in [0.717, 1.165) is 70.6 Å². The zero-order valence-corrected chi connectivity index (χ0v) is 35.3. The molecule has 13 heteroatoms. The average molecular weight is 817 g/mol. The molecule has 1 aliphatic rings. The number of unbranched alkanes of at least 4 members (excludes halogenated alkanes) is 17. The van der Waals surface area contributed by atoms with Crippen LogP contribution in [0.2, 0.25) is 0 Å². The van der Waals surface area contributed by atoms with Crippen molar-refractivity contribution >= 4 is 22.1 Å². The minimum atomic E-state index is -4.60. The first-order valence-corrected chi connectivity index (χ1v) is 23.2. The van der Waals surface area contributed by atoms with Gasteiger partial charge in [-0.3, -0.25) is 14.1 Å². The summed E-state index contributed by atoms with van der Waals surface area (Å²) < 4.78 is 54.0. The van der Waals surface area contributed by atoms with Crippen LogP contribution in [0.4, 0.5) is 0 Å². The highest BCUT2D eigenvalue weighted by Gasteiger charge is 2.46. The summed E-state index contributed by atoms with van der Waals surface area (Å²) in [5, 5.41) is 30.8. The van der Waals surface area contributed by atoms with Gasteiger partial charge >= 0.3 is 11.9 Å². The molecule has 0 bridgehead atoms. The second-order valence-corrected chi connectivity index (χ2v) is 16.5. The van der Waals surface area contributed by atoms with Gasteiger partial charge in [-0.15, -0.1) is 0 Å². The van der Waals surface area contributed by atoms with E-state index >= 15 is 0 Å². The fourth-order valence-electron chi connectivity index (χ4n) is 6.40. The largest absolute Gasteiger partial charge is 0.462 e. The number of aliphatic hydroxyl groups excluding tert-OH is 3. The summed E-state index contributed by atoms with van der Waals surface area (Å²) in [4.78, 5) is 25.3. The van der Waals surface area contributed by atoms with Gasteiger partial charge in [0.15, 0.2) is 12.4 Å². The molecule has 0 amide bonds. The standard InChI is InChI=1S/C43H76O12S/c1-3-5-7-9-11-13-15-17-18-20-22-24-26-28-30-32-39(45)54-36(34-53-43-42(48)41(47)40(46)37(55-43)35-56(49,50)51)33-52-38(44)31-29-27-25-23-21-19-16-14-12-10-8-6-4-2/h5,7,11,13,17-18,36-37,40-43,46-48H,3-4,6,8-10,12,14-16,19-35H2,1-2H3,(H,49,50,51)/b7-5+,13-11+,18-17+/t36-,37-,40-,41?,42?,43+/m1/s1. The Morgan fingerprint density at radius 3 is 1.68 bits per heavy atom. The Labute approximate surface area is 338 Å². The van der Waals surface area contributed by atoms with Gasteiger partial charge in [-0.1, -0.05) is 147 Å². The van der Waals surface area contributed by atoms with Crippen molar-refractivity contribution in [3.8, 4) is 0 Å².